The van der Waals surface area contributed by atoms with Gasteiger partial charge in [-0.25, -0.2) is 0 Å². The van der Waals surface area contributed by atoms with Crippen molar-refractivity contribution in [3.8, 4) is 0 Å². The molecule has 0 spiro atoms. The Kier molecular flexibility index (Phi) is 47.6. The van der Waals surface area contributed by atoms with Gasteiger partial charge in [0.15, 0.2) is 6.10 Å². The molecule has 0 heterocycles. The summed E-state index contributed by atoms with van der Waals surface area (Å²) in [6, 6.07) is 0. The lowest BCUT2D eigenvalue weighted by Gasteiger charge is -2.18. The fourth-order valence-corrected chi connectivity index (χ4v) is 6.18. The van der Waals surface area contributed by atoms with Crippen LogP contribution in [0, 0.1) is 0 Å². The third-order valence-electron chi connectivity index (χ3n) is 9.90. The van der Waals surface area contributed by atoms with Crippen LogP contribution in [0.2, 0.25) is 0 Å². The maximum Gasteiger partial charge on any atom is 0.306 e. The number of ether oxygens (including phenoxy) is 3. The number of carbonyl (C=O) groups is 3. The van der Waals surface area contributed by atoms with Crippen LogP contribution in [-0.2, 0) is 28.6 Å². The summed E-state index contributed by atoms with van der Waals surface area (Å²) < 4.78 is 16.6. The molecule has 0 aliphatic heterocycles. The fraction of sp³-hybridized carbons (Fsp3) is 0.569. The molecule has 0 aliphatic rings. The minimum Gasteiger partial charge on any atom is -0.462 e. The quantitative estimate of drug-likeness (QED) is 0.0263. The Morgan fingerprint density at radius 2 is 0.625 bits per heavy atom. The molecule has 0 bridgehead atoms. The zero-order valence-corrected chi connectivity index (χ0v) is 40.7. The number of rotatable bonds is 43. The van der Waals surface area contributed by atoms with Crippen LogP contribution >= 0.6 is 0 Å². The molecule has 0 aromatic heterocycles. The van der Waals surface area contributed by atoms with Gasteiger partial charge in [-0.2, -0.15) is 0 Å². The Morgan fingerprint density at radius 3 is 1.02 bits per heavy atom. The van der Waals surface area contributed by atoms with Gasteiger partial charge < -0.3 is 14.2 Å². The molecular weight excluding hydrogens is 793 g/mol. The smallest absolute Gasteiger partial charge is 0.306 e. The molecule has 6 heteroatoms. The molecule has 0 N–H and O–H groups in total. The van der Waals surface area contributed by atoms with E-state index in [-0.39, 0.29) is 44.0 Å². The van der Waals surface area contributed by atoms with Crippen molar-refractivity contribution in [2.24, 2.45) is 0 Å². The monoisotopic (exact) mass is 883 g/mol. The van der Waals surface area contributed by atoms with E-state index in [4.69, 9.17) is 14.2 Å². The molecule has 0 aromatic rings. The summed E-state index contributed by atoms with van der Waals surface area (Å²) in [5, 5.41) is 0. The molecule has 6 nitrogen and oxygen atoms in total. The first-order valence-corrected chi connectivity index (χ1v) is 25.2. The molecule has 1 unspecified atom stereocenters. The fourth-order valence-electron chi connectivity index (χ4n) is 6.18. The summed E-state index contributed by atoms with van der Waals surface area (Å²) in [5.41, 5.74) is 0. The van der Waals surface area contributed by atoms with E-state index >= 15 is 0 Å². The van der Waals surface area contributed by atoms with Crippen LogP contribution < -0.4 is 0 Å². The number of esters is 3. The van der Waals surface area contributed by atoms with Crippen LogP contribution in [0.3, 0.4) is 0 Å². The largest absolute Gasteiger partial charge is 0.462 e. The predicted octanol–water partition coefficient (Wildman–Crippen LogP) is 16.7. The summed E-state index contributed by atoms with van der Waals surface area (Å²) in [7, 11) is 0. The van der Waals surface area contributed by atoms with Gasteiger partial charge >= 0.3 is 17.9 Å². The maximum absolute atomic E-state index is 12.7. The molecule has 0 aromatic carbocycles. The van der Waals surface area contributed by atoms with Crippen molar-refractivity contribution < 1.29 is 28.6 Å². The number of unbranched alkanes of at least 4 members (excludes halogenated alkanes) is 10. The Morgan fingerprint density at radius 1 is 0.328 bits per heavy atom. The van der Waals surface area contributed by atoms with E-state index in [1.54, 1.807) is 0 Å². The predicted molar refractivity (Wildman–Crippen MR) is 274 cm³/mol. The zero-order chi connectivity index (χ0) is 46.5. The van der Waals surface area contributed by atoms with E-state index in [0.29, 0.717) is 12.8 Å². The van der Waals surface area contributed by atoms with Gasteiger partial charge in [-0.15, -0.1) is 0 Å². The van der Waals surface area contributed by atoms with Gasteiger partial charge in [0.2, 0.25) is 0 Å². The van der Waals surface area contributed by atoms with Crippen molar-refractivity contribution in [2.45, 2.75) is 200 Å². The first-order valence-electron chi connectivity index (χ1n) is 25.2. The molecule has 0 radical (unpaired) electrons. The van der Waals surface area contributed by atoms with E-state index in [2.05, 4.69) is 154 Å². The van der Waals surface area contributed by atoms with Gasteiger partial charge in [-0.05, 0) is 109 Å². The van der Waals surface area contributed by atoms with Crippen molar-refractivity contribution in [3.05, 3.63) is 134 Å². The van der Waals surface area contributed by atoms with Crippen LogP contribution in [0.25, 0.3) is 0 Å². The highest BCUT2D eigenvalue weighted by Crippen LogP contribution is 2.11. The Balaban J connectivity index is 4.40. The van der Waals surface area contributed by atoms with Gasteiger partial charge in [-0.3, -0.25) is 14.4 Å². The minimum absolute atomic E-state index is 0.111. The minimum atomic E-state index is -0.815. The van der Waals surface area contributed by atoms with Gasteiger partial charge in [0.1, 0.15) is 13.2 Å². The van der Waals surface area contributed by atoms with Crippen LogP contribution in [0.15, 0.2) is 134 Å². The SMILES string of the molecule is CC/C=C\C/C=C\C/C=C\C/C=C\C/C=C\C/C=C\C/C=C\CCCC(=O)OCC(COC(=O)CCCCCCCC)OC(=O)CCCCCC/C=C\C/C=C\C/C=C\C/C=C\CC. The zero-order valence-electron chi connectivity index (χ0n) is 40.7. The van der Waals surface area contributed by atoms with Crippen LogP contribution in [0.4, 0.5) is 0 Å². The lowest BCUT2D eigenvalue weighted by molar-refractivity contribution is -0.167. The highest BCUT2D eigenvalue weighted by atomic mass is 16.6. The summed E-state index contributed by atoms with van der Waals surface area (Å²) in [4.78, 5) is 37.7. The topological polar surface area (TPSA) is 78.9 Å². The second-order valence-corrected chi connectivity index (χ2v) is 16.0. The Hall–Kier alpha value is -4.45. The second kappa shape index (κ2) is 51.2. The maximum atomic E-state index is 12.7. The lowest BCUT2D eigenvalue weighted by atomic mass is 10.1. The number of carbonyl (C=O) groups excluding carboxylic acids is 3. The summed E-state index contributed by atoms with van der Waals surface area (Å²) in [6.07, 6.45) is 71.8. The van der Waals surface area contributed by atoms with E-state index < -0.39 is 6.10 Å². The van der Waals surface area contributed by atoms with E-state index in [1.807, 2.05) is 0 Å². The lowest BCUT2D eigenvalue weighted by Crippen LogP contribution is -2.30. The van der Waals surface area contributed by atoms with Crippen molar-refractivity contribution >= 4 is 17.9 Å². The third kappa shape index (κ3) is 48.6. The standard InChI is InChI=1S/C58H90O6/c1-4-7-10-13-16-18-20-22-24-26-27-28-29-30-31-33-34-36-38-40-42-45-48-51-57(60)63-54-55(53-62-56(59)50-47-44-15-12-9-6-3)64-58(61)52-49-46-43-41-39-37-35-32-25-23-21-19-17-14-11-8-5-2/h7-8,10-11,16-19,22-25,27-28,30-31,34-37,40,42,55H,4-6,9,12-15,20-21,26,29,32-33,38-39,41,43-54H2,1-3H3/b10-7-,11-8-,18-16-,19-17-,24-22-,25-23-,28-27-,31-30-,36-34-,37-35-,42-40-. The van der Waals surface area contributed by atoms with E-state index in [1.165, 1.54) is 19.3 Å². The van der Waals surface area contributed by atoms with Gasteiger partial charge in [0.05, 0.1) is 0 Å². The van der Waals surface area contributed by atoms with Crippen molar-refractivity contribution in [1.82, 2.24) is 0 Å². The molecule has 1 atom stereocenters. The van der Waals surface area contributed by atoms with E-state index in [9.17, 15) is 14.4 Å². The van der Waals surface area contributed by atoms with Crippen molar-refractivity contribution in [2.75, 3.05) is 13.2 Å². The van der Waals surface area contributed by atoms with E-state index in [0.717, 1.165) is 128 Å². The summed E-state index contributed by atoms with van der Waals surface area (Å²) >= 11 is 0. The molecule has 358 valence electrons. The Labute approximate surface area is 392 Å². The molecule has 64 heavy (non-hydrogen) atoms. The van der Waals surface area contributed by atoms with Gasteiger partial charge in [-0.1, -0.05) is 199 Å². The number of hydrogen-bond acceptors (Lipinski definition) is 6. The van der Waals surface area contributed by atoms with Gasteiger partial charge in [0.25, 0.3) is 0 Å². The van der Waals surface area contributed by atoms with Crippen molar-refractivity contribution in [1.29, 1.82) is 0 Å². The highest BCUT2D eigenvalue weighted by Gasteiger charge is 2.19. The van der Waals surface area contributed by atoms with Crippen molar-refractivity contribution in [3.63, 3.8) is 0 Å². The molecule has 0 aliphatic carbocycles. The summed E-state index contributed by atoms with van der Waals surface area (Å²) in [5.74, 6) is -1.02. The number of allylic oxidation sites excluding steroid dienone is 22. The first-order chi connectivity index (χ1) is 31.5. The first kappa shape index (κ1) is 59.5. The highest BCUT2D eigenvalue weighted by molar-refractivity contribution is 5.71. The van der Waals surface area contributed by atoms with Gasteiger partial charge in [0, 0.05) is 19.3 Å². The molecular formula is C58H90O6. The average Bonchev–Trinajstić information content (AvgIpc) is 3.29. The normalized spacial score (nSPS) is 13.2. The number of hydrogen-bond donors (Lipinski definition) is 0. The molecule has 0 saturated carbocycles. The molecule has 0 rings (SSSR count). The molecule has 0 saturated heterocycles. The Bertz CT molecular complexity index is 1430. The molecule has 0 amide bonds. The van der Waals surface area contributed by atoms with Crippen LogP contribution in [-0.4, -0.2) is 37.2 Å². The second-order valence-electron chi connectivity index (χ2n) is 16.0. The summed E-state index contributed by atoms with van der Waals surface area (Å²) in [6.45, 7) is 6.25. The van der Waals surface area contributed by atoms with Crippen LogP contribution in [0.1, 0.15) is 194 Å². The molecule has 0 fully saturated rings. The van der Waals surface area contributed by atoms with Crippen LogP contribution in [0.5, 0.6) is 0 Å². The third-order valence-corrected chi connectivity index (χ3v) is 9.90. The average molecular weight is 883 g/mol.